The maximum Gasteiger partial charge on any atom is 0.260 e. The molecule has 1 aliphatic rings. The first kappa shape index (κ1) is 17.4. The Bertz CT molecular complexity index is 787. The molecule has 1 atom stereocenters. The van der Waals surface area contributed by atoms with E-state index in [1.807, 2.05) is 39.0 Å². The highest BCUT2D eigenvalue weighted by atomic mass is 16.5. The normalized spacial score (nSPS) is 17.8. The third-order valence-electron chi connectivity index (χ3n) is 4.66. The first-order valence-electron chi connectivity index (χ1n) is 8.67. The van der Waals surface area contributed by atoms with Gasteiger partial charge in [-0.3, -0.25) is 9.59 Å². The summed E-state index contributed by atoms with van der Waals surface area (Å²) in [6.07, 6.45) is 1.51. The Labute approximate surface area is 148 Å². The lowest BCUT2D eigenvalue weighted by Gasteiger charge is -2.25. The third kappa shape index (κ3) is 3.23. The van der Waals surface area contributed by atoms with E-state index in [9.17, 15) is 9.59 Å². The lowest BCUT2D eigenvalue weighted by Crippen LogP contribution is -2.41. The average Bonchev–Trinajstić information content (AvgIpc) is 3.20. The minimum atomic E-state index is -0.419. The Morgan fingerprint density at radius 3 is 2.52 bits per heavy atom. The van der Waals surface area contributed by atoms with Crippen LogP contribution in [0.2, 0.25) is 0 Å². The van der Waals surface area contributed by atoms with Crippen molar-refractivity contribution in [2.75, 3.05) is 6.54 Å². The molecule has 1 aromatic heterocycles. The molecule has 0 saturated carbocycles. The second-order valence-corrected chi connectivity index (χ2v) is 7.60. The SMILES string of the molecule is Cc1onc(C(C)(C)C)c1C(=O)N1CCCC1C(=O)c1ccccc1. The average molecular weight is 340 g/mol. The van der Waals surface area contributed by atoms with E-state index in [0.29, 0.717) is 35.5 Å². The van der Waals surface area contributed by atoms with Gasteiger partial charge in [-0.25, -0.2) is 0 Å². The van der Waals surface area contributed by atoms with Gasteiger partial charge in [0.25, 0.3) is 5.91 Å². The van der Waals surface area contributed by atoms with Gasteiger partial charge in [0.15, 0.2) is 5.78 Å². The van der Waals surface area contributed by atoms with Gasteiger partial charge < -0.3 is 9.42 Å². The smallest absolute Gasteiger partial charge is 0.260 e. The van der Waals surface area contributed by atoms with Crippen LogP contribution in [0.15, 0.2) is 34.9 Å². The number of aryl methyl sites for hydroxylation is 1. The van der Waals surface area contributed by atoms with E-state index in [2.05, 4.69) is 5.16 Å². The predicted octanol–water partition coefficient (Wildman–Crippen LogP) is 3.77. The van der Waals surface area contributed by atoms with Gasteiger partial charge in [-0.05, 0) is 19.8 Å². The van der Waals surface area contributed by atoms with Crippen LogP contribution in [0.1, 0.15) is 65.8 Å². The maximum atomic E-state index is 13.2. The number of hydrogen-bond acceptors (Lipinski definition) is 4. The first-order valence-corrected chi connectivity index (χ1v) is 8.67. The van der Waals surface area contributed by atoms with Crippen LogP contribution < -0.4 is 0 Å². The molecular weight excluding hydrogens is 316 g/mol. The maximum absolute atomic E-state index is 13.2. The summed E-state index contributed by atoms with van der Waals surface area (Å²) in [6, 6.07) is 8.75. The number of nitrogens with zero attached hydrogens (tertiary/aromatic N) is 2. The zero-order chi connectivity index (χ0) is 18.2. The van der Waals surface area contributed by atoms with Crippen molar-refractivity contribution in [2.45, 2.75) is 52.0 Å². The molecule has 2 aromatic rings. The number of likely N-dealkylation sites (tertiary alicyclic amines) is 1. The molecule has 5 nitrogen and oxygen atoms in total. The highest BCUT2D eigenvalue weighted by Crippen LogP contribution is 2.31. The van der Waals surface area contributed by atoms with E-state index in [1.54, 1.807) is 24.0 Å². The third-order valence-corrected chi connectivity index (χ3v) is 4.66. The lowest BCUT2D eigenvalue weighted by atomic mass is 9.88. The van der Waals surface area contributed by atoms with Crippen molar-refractivity contribution < 1.29 is 14.1 Å². The van der Waals surface area contributed by atoms with Gasteiger partial charge >= 0.3 is 0 Å². The molecule has 3 rings (SSSR count). The van der Waals surface area contributed by atoms with Gasteiger partial charge in [0.2, 0.25) is 0 Å². The quantitative estimate of drug-likeness (QED) is 0.798. The molecule has 2 heterocycles. The molecule has 132 valence electrons. The molecular formula is C20H24N2O3. The molecule has 1 saturated heterocycles. The summed E-state index contributed by atoms with van der Waals surface area (Å²) in [4.78, 5) is 27.8. The largest absolute Gasteiger partial charge is 0.361 e. The molecule has 0 N–H and O–H groups in total. The summed E-state index contributed by atoms with van der Waals surface area (Å²) in [5.74, 6) is 0.348. The van der Waals surface area contributed by atoms with E-state index >= 15 is 0 Å². The van der Waals surface area contributed by atoms with Crippen molar-refractivity contribution in [3.8, 4) is 0 Å². The fourth-order valence-electron chi connectivity index (χ4n) is 3.36. The molecule has 1 amide bonds. The Kier molecular flexibility index (Phi) is 4.50. The molecule has 5 heteroatoms. The van der Waals surface area contributed by atoms with Crippen LogP contribution in [0.25, 0.3) is 0 Å². The van der Waals surface area contributed by atoms with Crippen LogP contribution in [-0.2, 0) is 5.41 Å². The minimum absolute atomic E-state index is 0.00198. The number of Topliss-reactive ketones (excluding diaryl/α,β-unsaturated/α-hetero) is 1. The molecule has 0 radical (unpaired) electrons. The second kappa shape index (κ2) is 6.47. The lowest BCUT2D eigenvalue weighted by molar-refractivity contribution is 0.0668. The summed E-state index contributed by atoms with van der Waals surface area (Å²) >= 11 is 0. The molecule has 1 aliphatic heterocycles. The van der Waals surface area contributed by atoms with Gasteiger partial charge in [-0.1, -0.05) is 56.3 Å². The van der Waals surface area contributed by atoms with E-state index in [4.69, 9.17) is 4.52 Å². The number of amides is 1. The highest BCUT2D eigenvalue weighted by Gasteiger charge is 2.38. The standard InChI is InChI=1S/C20H24N2O3/c1-13-16(18(21-25-13)20(2,3)4)19(24)22-12-8-11-15(22)17(23)14-9-6-5-7-10-14/h5-7,9-10,15H,8,11-12H2,1-4H3. The highest BCUT2D eigenvalue weighted by molar-refractivity contribution is 6.05. The number of rotatable bonds is 3. The number of benzene rings is 1. The Morgan fingerprint density at radius 1 is 1.20 bits per heavy atom. The fourth-order valence-corrected chi connectivity index (χ4v) is 3.36. The van der Waals surface area contributed by atoms with Gasteiger partial charge in [-0.2, -0.15) is 0 Å². The van der Waals surface area contributed by atoms with Crippen molar-refractivity contribution in [1.29, 1.82) is 0 Å². The molecule has 0 bridgehead atoms. The second-order valence-electron chi connectivity index (χ2n) is 7.60. The topological polar surface area (TPSA) is 63.4 Å². The fraction of sp³-hybridized carbons (Fsp3) is 0.450. The van der Waals surface area contributed by atoms with E-state index in [0.717, 1.165) is 6.42 Å². The van der Waals surface area contributed by atoms with E-state index < -0.39 is 6.04 Å². The van der Waals surface area contributed by atoms with Crippen LogP contribution >= 0.6 is 0 Å². The molecule has 1 fully saturated rings. The van der Waals surface area contributed by atoms with Gasteiger partial charge in [-0.15, -0.1) is 0 Å². The monoisotopic (exact) mass is 340 g/mol. The minimum Gasteiger partial charge on any atom is -0.361 e. The number of ketones is 1. The zero-order valence-electron chi connectivity index (χ0n) is 15.2. The Balaban J connectivity index is 1.92. The van der Waals surface area contributed by atoms with Crippen LogP contribution in [-0.4, -0.2) is 34.3 Å². The molecule has 1 aromatic carbocycles. The van der Waals surface area contributed by atoms with Crippen molar-refractivity contribution in [3.05, 3.63) is 52.9 Å². The van der Waals surface area contributed by atoms with Gasteiger partial charge in [0, 0.05) is 17.5 Å². The Hall–Kier alpha value is -2.43. The summed E-state index contributed by atoms with van der Waals surface area (Å²) < 4.78 is 5.30. The number of carbonyl (C=O) groups excluding carboxylic acids is 2. The Morgan fingerprint density at radius 2 is 1.88 bits per heavy atom. The van der Waals surface area contributed by atoms with Crippen LogP contribution in [0.4, 0.5) is 0 Å². The van der Waals surface area contributed by atoms with E-state index in [1.165, 1.54) is 0 Å². The summed E-state index contributed by atoms with van der Waals surface area (Å²) in [6.45, 7) is 8.32. The van der Waals surface area contributed by atoms with Crippen molar-refractivity contribution in [1.82, 2.24) is 10.1 Å². The molecule has 0 spiro atoms. The van der Waals surface area contributed by atoms with Crippen LogP contribution in [0, 0.1) is 6.92 Å². The summed E-state index contributed by atoms with van der Waals surface area (Å²) in [5.41, 5.74) is 1.49. The van der Waals surface area contributed by atoms with Crippen molar-refractivity contribution in [2.24, 2.45) is 0 Å². The predicted molar refractivity (Wildman–Crippen MR) is 94.8 cm³/mol. The van der Waals surface area contributed by atoms with Gasteiger partial charge in [0.1, 0.15) is 17.0 Å². The molecule has 0 aliphatic carbocycles. The summed E-state index contributed by atoms with van der Waals surface area (Å²) in [5, 5.41) is 4.10. The van der Waals surface area contributed by atoms with Crippen LogP contribution in [0.3, 0.4) is 0 Å². The van der Waals surface area contributed by atoms with E-state index in [-0.39, 0.29) is 17.1 Å². The van der Waals surface area contributed by atoms with Crippen LogP contribution in [0.5, 0.6) is 0 Å². The zero-order valence-corrected chi connectivity index (χ0v) is 15.2. The number of aromatic nitrogens is 1. The first-order chi connectivity index (χ1) is 11.8. The number of carbonyl (C=O) groups is 2. The summed E-state index contributed by atoms with van der Waals surface area (Å²) in [7, 11) is 0. The molecule has 25 heavy (non-hydrogen) atoms. The number of hydrogen-bond donors (Lipinski definition) is 0. The van der Waals surface area contributed by atoms with Crippen molar-refractivity contribution in [3.63, 3.8) is 0 Å². The van der Waals surface area contributed by atoms with Gasteiger partial charge in [0.05, 0.1) is 6.04 Å². The molecule has 1 unspecified atom stereocenters. The van der Waals surface area contributed by atoms with Crippen molar-refractivity contribution >= 4 is 11.7 Å².